The largest absolute Gasteiger partial charge is 1.00 e. The van der Waals surface area contributed by atoms with Gasteiger partial charge in [0.1, 0.15) is 0 Å². The van der Waals surface area contributed by atoms with Crippen LogP contribution in [0, 0.1) is 5.41 Å². The molecule has 25 heavy (non-hydrogen) atoms. The maximum absolute atomic E-state index is 12.0. The van der Waals surface area contributed by atoms with Gasteiger partial charge in [0, 0.05) is 17.8 Å². The first-order valence-corrected chi connectivity index (χ1v) is 8.47. The fourth-order valence-electron chi connectivity index (χ4n) is 3.04. The third-order valence-corrected chi connectivity index (χ3v) is 6.02. The molecule has 7 nitrogen and oxygen atoms in total. The number of hydrogen-bond acceptors (Lipinski definition) is 6. The third-order valence-electron chi connectivity index (χ3n) is 4.44. The Labute approximate surface area is 191 Å². The summed E-state index contributed by atoms with van der Waals surface area (Å²) in [4.78, 5) is 23.5. The van der Waals surface area contributed by atoms with Crippen LogP contribution in [0.2, 0.25) is 0 Å². The van der Waals surface area contributed by atoms with E-state index in [2.05, 4.69) is 0 Å². The molecule has 0 amide bonds. The van der Waals surface area contributed by atoms with Crippen molar-refractivity contribution in [3.05, 3.63) is 35.9 Å². The molecule has 0 heterocycles. The first-order chi connectivity index (χ1) is 10.6. The molecule has 0 bridgehead atoms. The zero-order valence-corrected chi connectivity index (χ0v) is 19.6. The van der Waals surface area contributed by atoms with Crippen LogP contribution in [-0.4, -0.2) is 29.7 Å². The van der Waals surface area contributed by atoms with E-state index in [-0.39, 0.29) is 77.5 Å². The van der Waals surface area contributed by atoms with E-state index in [1.807, 2.05) is 0 Å². The quantitative estimate of drug-likeness (QED) is 0.345. The Balaban J connectivity index is 0. The molecular formula is C15H18Na2O7S. The standard InChI is InChI=1S/C15H20O7S.2Na/c1-3-14(4-2,12(16)17)15(13(18)19,23(20,21)22)10-11-8-6-5-7-9-11;;/h5-9H,3-4,10H2,1-2H3,(H,16,17)(H,18,19)(H,20,21,22);;/q;2*+1/p-2. The summed E-state index contributed by atoms with van der Waals surface area (Å²) in [6.07, 6.45) is -1.48. The van der Waals surface area contributed by atoms with Crippen molar-refractivity contribution in [2.45, 2.75) is 37.9 Å². The summed E-state index contributed by atoms with van der Waals surface area (Å²) in [5, 5.41) is 23.5. The van der Waals surface area contributed by atoms with Crippen LogP contribution >= 0.6 is 0 Å². The van der Waals surface area contributed by atoms with Crippen LogP contribution in [0.5, 0.6) is 0 Å². The molecule has 0 saturated heterocycles. The summed E-state index contributed by atoms with van der Waals surface area (Å²) in [7, 11) is -5.33. The molecule has 1 aromatic rings. The zero-order valence-electron chi connectivity index (χ0n) is 14.8. The molecule has 1 rings (SSSR count). The van der Waals surface area contributed by atoms with Gasteiger partial charge in [0.25, 0.3) is 10.1 Å². The van der Waals surface area contributed by atoms with Gasteiger partial charge in [-0.1, -0.05) is 44.2 Å². The smallest absolute Gasteiger partial charge is 0.549 e. The molecule has 1 unspecified atom stereocenters. The van der Waals surface area contributed by atoms with Gasteiger partial charge in [-0.2, -0.15) is 8.42 Å². The summed E-state index contributed by atoms with van der Waals surface area (Å²) < 4.78 is 30.6. The predicted octanol–water partition coefficient (Wildman–Crippen LogP) is -6.83. The molecular weight excluding hydrogens is 370 g/mol. The number of aliphatic carboxylic acids is 2. The minimum atomic E-state index is -5.33. The topological polar surface area (TPSA) is 135 Å². The molecule has 0 aliphatic heterocycles. The van der Waals surface area contributed by atoms with Gasteiger partial charge >= 0.3 is 59.1 Å². The van der Waals surface area contributed by atoms with Crippen LogP contribution in [0.3, 0.4) is 0 Å². The summed E-state index contributed by atoms with van der Waals surface area (Å²) in [6.45, 7) is 2.65. The fourth-order valence-corrected chi connectivity index (χ4v) is 4.46. The number of carbonyl (C=O) groups excluding carboxylic acids is 2. The van der Waals surface area contributed by atoms with Crippen LogP contribution in [0.15, 0.2) is 30.3 Å². The predicted molar refractivity (Wildman–Crippen MR) is 77.5 cm³/mol. The van der Waals surface area contributed by atoms with Crippen LogP contribution in [-0.2, 0) is 26.1 Å². The van der Waals surface area contributed by atoms with E-state index in [0.29, 0.717) is 0 Å². The Morgan fingerprint density at radius 1 is 1.00 bits per heavy atom. The number of carboxylic acid groups (broad SMARTS) is 2. The van der Waals surface area contributed by atoms with E-state index in [4.69, 9.17) is 0 Å². The molecule has 0 spiro atoms. The molecule has 0 aliphatic rings. The van der Waals surface area contributed by atoms with Gasteiger partial charge in [0.15, 0.2) is 4.75 Å². The number of rotatable bonds is 8. The zero-order chi connectivity index (χ0) is 17.9. The number of hydrogen-bond donors (Lipinski definition) is 1. The molecule has 0 aliphatic carbocycles. The maximum atomic E-state index is 12.0. The number of carboxylic acids is 2. The Bertz CT molecular complexity index is 687. The molecule has 1 aromatic carbocycles. The van der Waals surface area contributed by atoms with E-state index in [0.717, 1.165) is 0 Å². The van der Waals surface area contributed by atoms with Crippen LogP contribution < -0.4 is 69.3 Å². The van der Waals surface area contributed by atoms with Crippen molar-refractivity contribution in [3.63, 3.8) is 0 Å². The Morgan fingerprint density at radius 2 is 1.44 bits per heavy atom. The molecule has 0 saturated carbocycles. The fraction of sp³-hybridized carbons (Fsp3) is 0.467. The van der Waals surface area contributed by atoms with Crippen molar-refractivity contribution in [3.8, 4) is 0 Å². The van der Waals surface area contributed by atoms with Crippen LogP contribution in [0.1, 0.15) is 32.3 Å². The summed E-state index contributed by atoms with van der Waals surface area (Å²) in [5.41, 5.74) is -2.10. The van der Waals surface area contributed by atoms with E-state index in [9.17, 15) is 32.8 Å². The number of benzene rings is 1. The second kappa shape index (κ2) is 10.4. The Kier molecular flexibility index (Phi) is 11.4. The third kappa shape index (κ3) is 4.87. The summed E-state index contributed by atoms with van der Waals surface area (Å²) in [6, 6.07) is 7.58. The van der Waals surface area contributed by atoms with Gasteiger partial charge in [-0.05, 0) is 18.4 Å². The average Bonchev–Trinajstić information content (AvgIpc) is 2.46. The van der Waals surface area contributed by atoms with Gasteiger partial charge in [-0.15, -0.1) is 0 Å². The minimum absolute atomic E-state index is 0. The molecule has 1 atom stereocenters. The number of carbonyl (C=O) groups is 2. The van der Waals surface area contributed by atoms with E-state index in [1.54, 1.807) is 6.07 Å². The normalized spacial score (nSPS) is 13.7. The van der Waals surface area contributed by atoms with Gasteiger partial charge in [0.2, 0.25) is 0 Å². The minimum Gasteiger partial charge on any atom is -0.549 e. The van der Waals surface area contributed by atoms with Gasteiger partial charge in [0.05, 0.1) is 5.97 Å². The molecule has 0 radical (unpaired) electrons. The van der Waals surface area contributed by atoms with E-state index in [1.165, 1.54) is 38.1 Å². The van der Waals surface area contributed by atoms with Crippen molar-refractivity contribution in [2.24, 2.45) is 5.41 Å². The van der Waals surface area contributed by atoms with Crippen molar-refractivity contribution >= 4 is 22.1 Å². The Hall–Kier alpha value is 0.0700. The van der Waals surface area contributed by atoms with Crippen molar-refractivity contribution < 1.29 is 91.9 Å². The van der Waals surface area contributed by atoms with Crippen LogP contribution in [0.4, 0.5) is 0 Å². The average molecular weight is 388 g/mol. The molecule has 0 fully saturated rings. The molecule has 1 N–H and O–H groups in total. The van der Waals surface area contributed by atoms with Gasteiger partial charge in [-0.3, -0.25) is 4.55 Å². The monoisotopic (exact) mass is 388 g/mol. The second-order valence-corrected chi connectivity index (χ2v) is 6.98. The SMILES string of the molecule is CCC(CC)(C(=O)[O-])C(Cc1ccccc1)(C(=O)[O-])S(=O)(=O)O.[Na+].[Na+]. The first-order valence-electron chi connectivity index (χ1n) is 7.03. The maximum Gasteiger partial charge on any atom is 1.00 e. The van der Waals surface area contributed by atoms with E-state index >= 15 is 0 Å². The summed E-state index contributed by atoms with van der Waals surface area (Å²) >= 11 is 0. The van der Waals surface area contributed by atoms with Gasteiger partial charge < -0.3 is 19.8 Å². The van der Waals surface area contributed by atoms with Crippen molar-refractivity contribution in [2.75, 3.05) is 0 Å². The van der Waals surface area contributed by atoms with Gasteiger partial charge in [-0.25, -0.2) is 0 Å². The van der Waals surface area contributed by atoms with Crippen molar-refractivity contribution in [1.82, 2.24) is 0 Å². The van der Waals surface area contributed by atoms with Crippen molar-refractivity contribution in [1.29, 1.82) is 0 Å². The molecule has 128 valence electrons. The van der Waals surface area contributed by atoms with Crippen LogP contribution in [0.25, 0.3) is 0 Å². The molecule has 10 heteroatoms. The summed E-state index contributed by atoms with van der Waals surface area (Å²) in [5.74, 6) is -4.03. The Morgan fingerprint density at radius 3 is 1.72 bits per heavy atom. The molecule has 0 aromatic heterocycles. The second-order valence-electron chi connectivity index (χ2n) is 5.33. The van der Waals surface area contributed by atoms with E-state index < -0.39 is 38.6 Å². The first kappa shape index (κ1) is 27.3.